The average Bonchev–Trinajstić information content (AvgIpc) is 2.39. The van der Waals surface area contributed by atoms with Crippen molar-refractivity contribution in [3.8, 4) is 0 Å². The molecule has 72 valence electrons. The monoisotopic (exact) mass is 184 g/mol. The van der Waals surface area contributed by atoms with Crippen LogP contribution >= 0.6 is 0 Å². The lowest BCUT2D eigenvalue weighted by Gasteiger charge is -2.03. The van der Waals surface area contributed by atoms with Gasteiger partial charge in [-0.2, -0.15) is 0 Å². The van der Waals surface area contributed by atoms with Crippen molar-refractivity contribution in [1.29, 1.82) is 0 Å². The van der Waals surface area contributed by atoms with Gasteiger partial charge in [0.2, 0.25) is 0 Å². The Bertz CT molecular complexity index is 381. The Labute approximate surface area is 86.0 Å². The maximum atomic E-state index is 2.34. The van der Waals surface area contributed by atoms with Crippen LogP contribution in [0.4, 0.5) is 0 Å². The highest BCUT2D eigenvalue weighted by atomic mass is 14.1. The molecule has 0 atom stereocenters. The van der Waals surface area contributed by atoms with Gasteiger partial charge in [0.05, 0.1) is 0 Å². The first-order chi connectivity index (χ1) is 6.77. The second kappa shape index (κ2) is 3.83. The summed E-state index contributed by atoms with van der Waals surface area (Å²) in [6.45, 7) is 4.48. The summed E-state index contributed by atoms with van der Waals surface area (Å²) >= 11 is 0. The van der Waals surface area contributed by atoms with Crippen LogP contribution < -0.4 is 0 Å². The summed E-state index contributed by atoms with van der Waals surface area (Å²) in [5.74, 6) is 0.626. The Kier molecular flexibility index (Phi) is 2.53. The van der Waals surface area contributed by atoms with Gasteiger partial charge in [-0.3, -0.25) is 0 Å². The first-order valence-corrected chi connectivity index (χ1v) is 5.23. The van der Waals surface area contributed by atoms with E-state index in [1.165, 1.54) is 16.7 Å². The normalized spacial score (nSPS) is 14.9. The molecule has 0 unspecified atom stereocenters. The predicted molar refractivity (Wildman–Crippen MR) is 62.1 cm³/mol. The quantitative estimate of drug-likeness (QED) is 0.622. The van der Waals surface area contributed by atoms with Crippen LogP contribution in [0.1, 0.15) is 25.0 Å². The van der Waals surface area contributed by atoms with Crippen LogP contribution in [-0.2, 0) is 6.42 Å². The summed E-state index contributed by atoms with van der Waals surface area (Å²) in [6.07, 6.45) is 7.88. The van der Waals surface area contributed by atoms with Gasteiger partial charge in [0.25, 0.3) is 0 Å². The van der Waals surface area contributed by atoms with Gasteiger partial charge < -0.3 is 0 Å². The Hall–Kier alpha value is -1.30. The topological polar surface area (TPSA) is 0 Å². The molecule has 0 aliphatic heterocycles. The molecule has 1 aromatic carbocycles. The number of hydrogen-bond acceptors (Lipinski definition) is 0. The largest absolute Gasteiger partial charge is 0.0766 e. The Morgan fingerprint density at radius 3 is 2.64 bits per heavy atom. The SMILES string of the molecule is CC(C)C1=CCc2ccccc2C=C1. The maximum Gasteiger partial charge on any atom is -0.00856 e. The smallest absolute Gasteiger partial charge is 0.00856 e. The first-order valence-electron chi connectivity index (χ1n) is 5.23. The Morgan fingerprint density at radius 2 is 1.86 bits per heavy atom. The van der Waals surface area contributed by atoms with Gasteiger partial charge in [-0.25, -0.2) is 0 Å². The van der Waals surface area contributed by atoms with E-state index in [0.29, 0.717) is 5.92 Å². The summed E-state index contributed by atoms with van der Waals surface area (Å²) in [6, 6.07) is 8.60. The van der Waals surface area contributed by atoms with Gasteiger partial charge >= 0.3 is 0 Å². The molecule has 0 N–H and O–H groups in total. The summed E-state index contributed by atoms with van der Waals surface area (Å²) < 4.78 is 0. The van der Waals surface area contributed by atoms with E-state index in [1.807, 2.05) is 0 Å². The molecule has 1 aliphatic carbocycles. The predicted octanol–water partition coefficient (Wildman–Crippen LogP) is 3.84. The minimum atomic E-state index is 0.626. The molecular formula is C14H16. The van der Waals surface area contributed by atoms with Crippen LogP contribution in [0.5, 0.6) is 0 Å². The van der Waals surface area contributed by atoms with Crippen molar-refractivity contribution >= 4 is 6.08 Å². The summed E-state index contributed by atoms with van der Waals surface area (Å²) in [5, 5.41) is 0. The second-order valence-electron chi connectivity index (χ2n) is 4.10. The van der Waals surface area contributed by atoms with Gasteiger partial charge in [-0.1, -0.05) is 56.3 Å². The number of allylic oxidation sites excluding steroid dienone is 3. The van der Waals surface area contributed by atoms with Crippen molar-refractivity contribution in [3.63, 3.8) is 0 Å². The summed E-state index contributed by atoms with van der Waals surface area (Å²) in [7, 11) is 0. The van der Waals surface area contributed by atoms with Crippen LogP contribution in [0.3, 0.4) is 0 Å². The Morgan fingerprint density at radius 1 is 1.07 bits per heavy atom. The fraction of sp³-hybridized carbons (Fsp3) is 0.286. The van der Waals surface area contributed by atoms with Crippen LogP contribution in [0.2, 0.25) is 0 Å². The molecule has 0 saturated carbocycles. The molecule has 0 fully saturated rings. The molecule has 0 heterocycles. The van der Waals surface area contributed by atoms with Crippen molar-refractivity contribution in [2.75, 3.05) is 0 Å². The van der Waals surface area contributed by atoms with Crippen molar-refractivity contribution in [1.82, 2.24) is 0 Å². The highest BCUT2D eigenvalue weighted by Crippen LogP contribution is 2.21. The van der Waals surface area contributed by atoms with Crippen molar-refractivity contribution in [2.45, 2.75) is 20.3 Å². The number of benzene rings is 1. The number of rotatable bonds is 1. The van der Waals surface area contributed by atoms with Crippen molar-refractivity contribution < 1.29 is 0 Å². The van der Waals surface area contributed by atoms with Gasteiger partial charge in [-0.05, 0) is 29.0 Å². The van der Waals surface area contributed by atoms with Gasteiger partial charge in [0, 0.05) is 0 Å². The second-order valence-corrected chi connectivity index (χ2v) is 4.10. The molecular weight excluding hydrogens is 168 g/mol. The minimum Gasteiger partial charge on any atom is -0.0766 e. The zero-order chi connectivity index (χ0) is 9.97. The zero-order valence-corrected chi connectivity index (χ0v) is 8.83. The molecule has 0 amide bonds. The molecule has 14 heavy (non-hydrogen) atoms. The lowest BCUT2D eigenvalue weighted by Crippen LogP contribution is -1.90. The summed E-state index contributed by atoms with van der Waals surface area (Å²) in [4.78, 5) is 0. The molecule has 1 aliphatic rings. The highest BCUT2D eigenvalue weighted by Gasteiger charge is 2.05. The fourth-order valence-corrected chi connectivity index (χ4v) is 1.79. The molecule has 0 spiro atoms. The van der Waals surface area contributed by atoms with E-state index in [-0.39, 0.29) is 0 Å². The minimum absolute atomic E-state index is 0.626. The van der Waals surface area contributed by atoms with E-state index in [2.05, 4.69) is 56.3 Å². The van der Waals surface area contributed by atoms with E-state index in [1.54, 1.807) is 0 Å². The molecule has 0 saturated heterocycles. The van der Waals surface area contributed by atoms with Crippen LogP contribution in [-0.4, -0.2) is 0 Å². The molecule has 0 radical (unpaired) electrons. The maximum absolute atomic E-state index is 2.34. The van der Waals surface area contributed by atoms with Gasteiger partial charge in [0.15, 0.2) is 0 Å². The molecule has 0 nitrogen and oxygen atoms in total. The van der Waals surface area contributed by atoms with E-state index in [4.69, 9.17) is 0 Å². The van der Waals surface area contributed by atoms with Crippen molar-refractivity contribution in [2.24, 2.45) is 5.92 Å². The molecule has 1 aromatic rings. The van der Waals surface area contributed by atoms with Crippen molar-refractivity contribution in [3.05, 3.63) is 53.1 Å². The first kappa shape index (κ1) is 9.26. The fourth-order valence-electron chi connectivity index (χ4n) is 1.79. The third-order valence-electron chi connectivity index (χ3n) is 2.73. The van der Waals surface area contributed by atoms with Crippen LogP contribution in [0, 0.1) is 5.92 Å². The van der Waals surface area contributed by atoms with Gasteiger partial charge in [0.1, 0.15) is 0 Å². The Balaban J connectivity index is 2.36. The molecule has 0 bridgehead atoms. The van der Waals surface area contributed by atoms with E-state index >= 15 is 0 Å². The van der Waals surface area contributed by atoms with Crippen LogP contribution in [0.25, 0.3) is 6.08 Å². The molecule has 0 heteroatoms. The third-order valence-corrected chi connectivity index (χ3v) is 2.73. The van der Waals surface area contributed by atoms with E-state index in [9.17, 15) is 0 Å². The highest BCUT2D eigenvalue weighted by molar-refractivity contribution is 5.59. The number of hydrogen-bond donors (Lipinski definition) is 0. The van der Waals surface area contributed by atoms with Gasteiger partial charge in [-0.15, -0.1) is 0 Å². The zero-order valence-electron chi connectivity index (χ0n) is 8.83. The molecule has 2 rings (SSSR count). The van der Waals surface area contributed by atoms with E-state index in [0.717, 1.165) is 6.42 Å². The standard InChI is InChI=1S/C14H16/c1-11(2)12-7-9-13-5-3-4-6-14(13)10-8-12/h3-9,11H,10H2,1-2H3. The van der Waals surface area contributed by atoms with E-state index < -0.39 is 0 Å². The average molecular weight is 184 g/mol. The summed E-state index contributed by atoms with van der Waals surface area (Å²) in [5.41, 5.74) is 4.24. The van der Waals surface area contributed by atoms with Crippen LogP contribution in [0.15, 0.2) is 42.0 Å². The lowest BCUT2D eigenvalue weighted by atomic mass is 10.0. The number of fused-ring (bicyclic) bond motifs is 1. The molecule has 0 aromatic heterocycles. The third kappa shape index (κ3) is 1.79. The lowest BCUT2D eigenvalue weighted by molar-refractivity contribution is 0.788.